The van der Waals surface area contributed by atoms with Crippen LogP contribution in [0, 0.1) is 0 Å². The van der Waals surface area contributed by atoms with Gasteiger partial charge in [0, 0.05) is 25.2 Å². The van der Waals surface area contributed by atoms with Gasteiger partial charge in [0.15, 0.2) is 4.67 Å². The van der Waals surface area contributed by atoms with E-state index in [0.29, 0.717) is 24.9 Å². The Balaban J connectivity index is 1.88. The number of rotatable bonds is 3. The molecule has 5 nitrogen and oxygen atoms in total. The second-order valence-corrected chi connectivity index (χ2v) is 8.43. The van der Waals surface area contributed by atoms with Crippen molar-refractivity contribution in [2.24, 2.45) is 0 Å². The highest BCUT2D eigenvalue weighted by molar-refractivity contribution is 9.10. The van der Waals surface area contributed by atoms with Crippen molar-refractivity contribution >= 4 is 37.6 Å². The van der Waals surface area contributed by atoms with Crippen molar-refractivity contribution in [3.63, 3.8) is 0 Å². The molecule has 3 heterocycles. The Hall–Kier alpha value is -0.0800. The maximum absolute atomic E-state index is 12.9. The molecule has 2 fully saturated rings. The smallest absolute Gasteiger partial charge is 0.247 e. The van der Waals surface area contributed by atoms with Crippen molar-refractivity contribution in [3.8, 4) is 0 Å². The summed E-state index contributed by atoms with van der Waals surface area (Å²) in [5.74, 6) is 0.615. The van der Waals surface area contributed by atoms with E-state index >= 15 is 0 Å². The summed E-state index contributed by atoms with van der Waals surface area (Å²) in [6, 6.07) is 1.87. The van der Waals surface area contributed by atoms with Crippen LogP contribution >= 0.6 is 27.5 Å². The third-order valence-corrected chi connectivity index (χ3v) is 7.21. The number of sulfonamides is 1. The minimum atomic E-state index is -3.54. The topological polar surface area (TPSA) is 53.8 Å². The standard InChI is InChI=1S/C13H18BrClN2O3S/c14-13-12(7-11(8-15)20-13)21(18,19)17-6-2-5-16-4-1-3-10(16)9-17/h7,10H,1-6,8-9H2. The lowest BCUT2D eigenvalue weighted by molar-refractivity contribution is 0.257. The van der Waals surface area contributed by atoms with E-state index in [1.807, 2.05) is 0 Å². The minimum absolute atomic E-state index is 0.157. The molecule has 2 saturated heterocycles. The van der Waals surface area contributed by atoms with Gasteiger partial charge in [0.2, 0.25) is 10.0 Å². The molecule has 0 saturated carbocycles. The second kappa shape index (κ2) is 6.20. The van der Waals surface area contributed by atoms with Crippen molar-refractivity contribution in [2.75, 3.05) is 26.2 Å². The highest BCUT2D eigenvalue weighted by Gasteiger charge is 2.36. The molecule has 0 radical (unpaired) electrons. The van der Waals surface area contributed by atoms with Crippen LogP contribution in [0.25, 0.3) is 0 Å². The molecule has 0 N–H and O–H groups in total. The number of alkyl halides is 1. The number of nitrogens with zero attached hydrogens (tertiary/aromatic N) is 2. The predicted octanol–water partition coefficient (Wildman–Crippen LogP) is 2.64. The first-order chi connectivity index (χ1) is 10.0. The zero-order chi connectivity index (χ0) is 15.0. The Morgan fingerprint density at radius 3 is 2.81 bits per heavy atom. The van der Waals surface area contributed by atoms with Gasteiger partial charge in [-0.3, -0.25) is 4.90 Å². The molecule has 0 bridgehead atoms. The molecular formula is C13H18BrClN2O3S. The summed E-state index contributed by atoms with van der Waals surface area (Å²) in [7, 11) is -3.54. The van der Waals surface area contributed by atoms with E-state index in [1.165, 1.54) is 6.07 Å². The second-order valence-electron chi connectivity index (χ2n) is 5.53. The molecule has 118 valence electrons. The van der Waals surface area contributed by atoms with Gasteiger partial charge in [-0.25, -0.2) is 8.42 Å². The van der Waals surface area contributed by atoms with Crippen molar-refractivity contribution in [3.05, 3.63) is 16.5 Å². The number of hydrogen-bond acceptors (Lipinski definition) is 4. The van der Waals surface area contributed by atoms with Crippen molar-refractivity contribution < 1.29 is 12.8 Å². The monoisotopic (exact) mass is 396 g/mol. The molecule has 2 aliphatic heterocycles. The summed E-state index contributed by atoms with van der Waals surface area (Å²) in [5, 5.41) is 0. The Bertz CT molecular complexity index is 619. The Morgan fingerprint density at radius 1 is 1.33 bits per heavy atom. The largest absolute Gasteiger partial charge is 0.452 e. The summed E-state index contributed by atoms with van der Waals surface area (Å²) in [5.41, 5.74) is 0. The van der Waals surface area contributed by atoms with Gasteiger partial charge < -0.3 is 4.42 Å². The van der Waals surface area contributed by atoms with Gasteiger partial charge in [0.1, 0.15) is 10.7 Å². The summed E-state index contributed by atoms with van der Waals surface area (Å²) < 4.78 is 32.9. The van der Waals surface area contributed by atoms with E-state index in [2.05, 4.69) is 20.8 Å². The molecular weight excluding hydrogens is 380 g/mol. The average molecular weight is 398 g/mol. The molecule has 3 rings (SSSR count). The molecule has 8 heteroatoms. The Morgan fingerprint density at radius 2 is 2.10 bits per heavy atom. The summed E-state index contributed by atoms with van der Waals surface area (Å²) in [4.78, 5) is 2.59. The third kappa shape index (κ3) is 3.03. The third-order valence-electron chi connectivity index (χ3n) is 4.22. The predicted molar refractivity (Wildman–Crippen MR) is 83.9 cm³/mol. The molecule has 2 aliphatic rings. The van der Waals surface area contributed by atoms with E-state index in [-0.39, 0.29) is 15.4 Å². The van der Waals surface area contributed by atoms with Crippen LogP contribution in [0.2, 0.25) is 0 Å². The maximum Gasteiger partial charge on any atom is 0.247 e. The first-order valence-corrected chi connectivity index (χ1v) is 9.87. The van der Waals surface area contributed by atoms with Crippen LogP contribution < -0.4 is 0 Å². The van der Waals surface area contributed by atoms with Gasteiger partial charge in [-0.1, -0.05) is 0 Å². The van der Waals surface area contributed by atoms with E-state index in [4.69, 9.17) is 16.0 Å². The molecule has 1 atom stereocenters. The molecule has 0 spiro atoms. The van der Waals surface area contributed by atoms with Gasteiger partial charge in [0.05, 0.1) is 5.88 Å². The normalized spacial score (nSPS) is 25.0. The Kier molecular flexibility index (Phi) is 4.66. The number of halogens is 2. The minimum Gasteiger partial charge on any atom is -0.452 e. The SMILES string of the molecule is O=S(=O)(c1cc(CCl)oc1Br)N1CCCN2CCCC2C1. The van der Waals surface area contributed by atoms with Gasteiger partial charge in [-0.2, -0.15) is 4.31 Å². The first kappa shape index (κ1) is 15.8. The molecule has 21 heavy (non-hydrogen) atoms. The maximum atomic E-state index is 12.9. The highest BCUT2D eigenvalue weighted by Crippen LogP contribution is 2.31. The molecule has 1 aromatic rings. The molecule has 0 amide bonds. The molecule has 0 aliphatic carbocycles. The lowest BCUT2D eigenvalue weighted by Crippen LogP contribution is -2.39. The van der Waals surface area contributed by atoms with E-state index < -0.39 is 10.0 Å². The fourth-order valence-electron chi connectivity index (χ4n) is 3.17. The fourth-order valence-corrected chi connectivity index (χ4v) is 5.78. The first-order valence-electron chi connectivity index (χ1n) is 7.11. The zero-order valence-electron chi connectivity index (χ0n) is 11.6. The molecule has 1 unspecified atom stereocenters. The average Bonchev–Trinajstić information content (AvgIpc) is 2.99. The summed E-state index contributed by atoms with van der Waals surface area (Å²) in [6.07, 6.45) is 3.10. The number of hydrogen-bond donors (Lipinski definition) is 0. The van der Waals surface area contributed by atoms with Crippen molar-refractivity contribution in [2.45, 2.75) is 36.1 Å². The zero-order valence-corrected chi connectivity index (χ0v) is 14.8. The van der Waals surface area contributed by atoms with Crippen LogP contribution in [-0.4, -0.2) is 49.8 Å². The van der Waals surface area contributed by atoms with Crippen LogP contribution in [0.5, 0.6) is 0 Å². The van der Waals surface area contributed by atoms with Gasteiger partial charge in [-0.15, -0.1) is 11.6 Å². The summed E-state index contributed by atoms with van der Waals surface area (Å²) in [6.45, 7) is 3.19. The van der Waals surface area contributed by atoms with Crippen LogP contribution in [0.3, 0.4) is 0 Å². The van der Waals surface area contributed by atoms with Gasteiger partial charge in [0.25, 0.3) is 0 Å². The fraction of sp³-hybridized carbons (Fsp3) is 0.692. The van der Waals surface area contributed by atoms with E-state index in [1.54, 1.807) is 4.31 Å². The molecule has 1 aromatic heterocycles. The highest BCUT2D eigenvalue weighted by atomic mass is 79.9. The van der Waals surface area contributed by atoms with Crippen molar-refractivity contribution in [1.82, 2.24) is 9.21 Å². The quantitative estimate of drug-likeness (QED) is 0.736. The van der Waals surface area contributed by atoms with Crippen LogP contribution in [0.1, 0.15) is 25.0 Å². The van der Waals surface area contributed by atoms with E-state index in [0.717, 1.165) is 32.4 Å². The van der Waals surface area contributed by atoms with E-state index in [9.17, 15) is 8.42 Å². The lowest BCUT2D eigenvalue weighted by atomic mass is 10.2. The Labute approximate surface area is 138 Å². The van der Waals surface area contributed by atoms with Gasteiger partial charge >= 0.3 is 0 Å². The van der Waals surface area contributed by atoms with Crippen LogP contribution in [0.15, 0.2) is 20.0 Å². The van der Waals surface area contributed by atoms with Gasteiger partial charge in [-0.05, 0) is 48.3 Å². The summed E-state index contributed by atoms with van der Waals surface area (Å²) >= 11 is 8.91. The molecule has 0 aromatic carbocycles. The number of furan rings is 1. The van der Waals surface area contributed by atoms with Crippen LogP contribution in [0.4, 0.5) is 0 Å². The number of fused-ring (bicyclic) bond motifs is 1. The van der Waals surface area contributed by atoms with Crippen molar-refractivity contribution in [1.29, 1.82) is 0 Å². The van der Waals surface area contributed by atoms with Crippen LogP contribution in [-0.2, 0) is 15.9 Å². The lowest BCUT2D eigenvalue weighted by Gasteiger charge is -2.24.